The van der Waals surface area contributed by atoms with Crippen LogP contribution in [-0.4, -0.2) is 71.3 Å². The number of rotatable bonds is 5. The number of cyclic esters (lactones) is 1. The maximum absolute atomic E-state index is 14.7. The molecule has 0 aliphatic carbocycles. The third kappa shape index (κ3) is 4.16. The van der Waals surface area contributed by atoms with E-state index in [9.17, 15) is 19.5 Å². The van der Waals surface area contributed by atoms with E-state index in [0.29, 0.717) is 18.5 Å². The van der Waals surface area contributed by atoms with E-state index >= 15 is 0 Å². The van der Waals surface area contributed by atoms with Crippen molar-refractivity contribution in [3.05, 3.63) is 103 Å². The first kappa shape index (κ1) is 26.6. The Labute approximate surface area is 243 Å². The number of esters is 1. The molecule has 0 radical (unpaired) electrons. The zero-order valence-corrected chi connectivity index (χ0v) is 23.0. The van der Waals surface area contributed by atoms with Crippen LogP contribution in [0.4, 0.5) is 5.69 Å². The molecule has 4 heterocycles. The second kappa shape index (κ2) is 10.5. The highest BCUT2D eigenvalue weighted by Gasteiger charge is 2.72. The quantitative estimate of drug-likeness (QED) is 0.377. The van der Waals surface area contributed by atoms with E-state index in [2.05, 4.69) is 0 Å². The van der Waals surface area contributed by atoms with Gasteiger partial charge in [-0.2, -0.15) is 0 Å². The average Bonchev–Trinajstić information content (AvgIpc) is 3.39. The highest BCUT2D eigenvalue weighted by Crippen LogP contribution is 2.54. The zero-order valence-electron chi connectivity index (χ0n) is 23.0. The molecule has 4 aliphatic rings. The van der Waals surface area contributed by atoms with Crippen LogP contribution in [0, 0.1) is 11.8 Å². The summed E-state index contributed by atoms with van der Waals surface area (Å²) >= 11 is 0. The monoisotopic (exact) mass is 564 g/mol. The van der Waals surface area contributed by atoms with Gasteiger partial charge in [-0.1, -0.05) is 85.0 Å². The molecular formula is C34H32N2O6. The van der Waals surface area contributed by atoms with Crippen molar-refractivity contribution >= 4 is 34.2 Å². The molecule has 8 nitrogen and oxygen atoms in total. The highest BCUT2D eigenvalue weighted by molar-refractivity contribution is 6.06. The number of carbonyl (C=O) groups is 3. The number of aliphatic hydroxyl groups is 1. The van der Waals surface area contributed by atoms with Crippen LogP contribution in [0.5, 0.6) is 0 Å². The number of fused-ring (bicyclic) bond motifs is 3. The Morgan fingerprint density at radius 2 is 1.71 bits per heavy atom. The summed E-state index contributed by atoms with van der Waals surface area (Å²) in [4.78, 5) is 45.8. The third-order valence-electron chi connectivity index (χ3n) is 9.02. The molecule has 7 rings (SSSR count). The number of ether oxygens (including phenoxy) is 2. The Bertz CT molecular complexity index is 1600. The Morgan fingerprint density at radius 3 is 2.52 bits per heavy atom. The summed E-state index contributed by atoms with van der Waals surface area (Å²) in [7, 11) is 0. The van der Waals surface area contributed by atoms with Gasteiger partial charge >= 0.3 is 5.97 Å². The van der Waals surface area contributed by atoms with Crippen molar-refractivity contribution in [2.75, 3.05) is 24.7 Å². The molecular weight excluding hydrogens is 532 g/mol. The van der Waals surface area contributed by atoms with Crippen LogP contribution in [0.15, 0.2) is 97.1 Å². The van der Waals surface area contributed by atoms with Crippen molar-refractivity contribution in [3.8, 4) is 0 Å². The van der Waals surface area contributed by atoms with Crippen LogP contribution in [0.25, 0.3) is 10.8 Å². The standard InChI is InChI=1S/C34H32N2O6/c37-21-26(19-22-9-2-1-3-10-22)36-30-32(39)35(25-15-14-23-11-4-5-12-24(23)20-25)17-8-16-34(30)29(31(36)38)28-27(42-34)13-6-7-18-41-33(28)40/h1-6,8-16,20,26-30,37H,7,17-19,21H2/t26-,27-,28+,29+,30?,34+/m1/s1. The first-order chi connectivity index (χ1) is 20.5. The van der Waals surface area contributed by atoms with E-state index in [4.69, 9.17) is 9.47 Å². The van der Waals surface area contributed by atoms with Gasteiger partial charge in [0.1, 0.15) is 17.6 Å². The maximum atomic E-state index is 14.7. The van der Waals surface area contributed by atoms with Gasteiger partial charge in [0, 0.05) is 12.2 Å². The first-order valence-electron chi connectivity index (χ1n) is 14.5. The van der Waals surface area contributed by atoms with Gasteiger partial charge in [0.25, 0.3) is 5.91 Å². The fraction of sp³-hybridized carbons (Fsp3) is 0.324. The molecule has 1 unspecified atom stereocenters. The van der Waals surface area contributed by atoms with Gasteiger partial charge in [-0.15, -0.1) is 0 Å². The molecule has 4 aliphatic heterocycles. The normalized spacial score (nSPS) is 29.4. The topological polar surface area (TPSA) is 96.4 Å². The van der Waals surface area contributed by atoms with Crippen molar-refractivity contribution in [2.24, 2.45) is 11.8 Å². The molecule has 3 aromatic rings. The van der Waals surface area contributed by atoms with Crippen molar-refractivity contribution < 1.29 is 29.0 Å². The van der Waals surface area contributed by atoms with Gasteiger partial charge < -0.3 is 24.4 Å². The number of benzene rings is 3. The summed E-state index contributed by atoms with van der Waals surface area (Å²) in [6, 6.07) is 21.6. The summed E-state index contributed by atoms with van der Waals surface area (Å²) < 4.78 is 12.2. The second-order valence-corrected chi connectivity index (χ2v) is 11.4. The number of aliphatic hydroxyl groups excluding tert-OH is 1. The Balaban J connectivity index is 1.35. The largest absolute Gasteiger partial charge is 0.465 e. The molecule has 6 atom stereocenters. The van der Waals surface area contributed by atoms with E-state index in [0.717, 1.165) is 16.3 Å². The van der Waals surface area contributed by atoms with Crippen molar-refractivity contribution in [2.45, 2.75) is 36.6 Å². The van der Waals surface area contributed by atoms with Crippen molar-refractivity contribution in [3.63, 3.8) is 0 Å². The number of likely N-dealkylation sites (tertiary alicyclic amines) is 1. The number of amides is 2. The first-order valence-corrected chi connectivity index (χ1v) is 14.5. The van der Waals surface area contributed by atoms with E-state index in [1.54, 1.807) is 4.90 Å². The Kier molecular flexibility index (Phi) is 6.67. The molecule has 2 saturated heterocycles. The SMILES string of the molecule is O=C1OCCC=C[C@H]2O[C@]34C=CCN(c5ccc6ccccc6c5)C(=O)C3N([C@@H](CO)Cc3ccccc3)C(=O)[C@@H]4[C@@H]12. The Hall–Kier alpha value is -4.27. The molecule has 8 heteroatoms. The minimum Gasteiger partial charge on any atom is -0.465 e. The molecule has 0 aromatic heterocycles. The molecule has 2 fully saturated rings. The number of hydrogen-bond acceptors (Lipinski definition) is 6. The van der Waals surface area contributed by atoms with Crippen LogP contribution >= 0.6 is 0 Å². The van der Waals surface area contributed by atoms with Gasteiger partial charge in [-0.05, 0) is 41.3 Å². The van der Waals surface area contributed by atoms with Gasteiger partial charge in [0.05, 0.1) is 31.3 Å². The lowest BCUT2D eigenvalue weighted by Crippen LogP contribution is -2.58. The van der Waals surface area contributed by atoms with Gasteiger partial charge in [-0.25, -0.2) is 0 Å². The lowest BCUT2D eigenvalue weighted by molar-refractivity contribution is -0.155. The molecule has 214 valence electrons. The number of carbonyl (C=O) groups excluding carboxylic acids is 3. The van der Waals surface area contributed by atoms with Crippen LogP contribution in [0.2, 0.25) is 0 Å². The third-order valence-corrected chi connectivity index (χ3v) is 9.02. The fourth-order valence-electron chi connectivity index (χ4n) is 7.15. The smallest absolute Gasteiger partial charge is 0.312 e. The Morgan fingerprint density at radius 1 is 0.929 bits per heavy atom. The zero-order chi connectivity index (χ0) is 28.8. The van der Waals surface area contributed by atoms with E-state index in [-0.39, 0.29) is 31.6 Å². The van der Waals surface area contributed by atoms with Crippen LogP contribution in [0.1, 0.15) is 12.0 Å². The van der Waals surface area contributed by atoms with Gasteiger partial charge in [0.2, 0.25) is 5.91 Å². The minimum atomic E-state index is -1.40. The predicted octanol–water partition coefficient (Wildman–Crippen LogP) is 3.43. The average molecular weight is 565 g/mol. The number of hydrogen-bond donors (Lipinski definition) is 1. The molecule has 1 N–H and O–H groups in total. The molecule has 42 heavy (non-hydrogen) atoms. The van der Waals surface area contributed by atoms with E-state index in [1.165, 1.54) is 4.90 Å². The van der Waals surface area contributed by atoms with Crippen molar-refractivity contribution in [1.29, 1.82) is 0 Å². The molecule has 2 amide bonds. The minimum absolute atomic E-state index is 0.220. The number of nitrogens with zero attached hydrogens (tertiary/aromatic N) is 2. The summed E-state index contributed by atoms with van der Waals surface area (Å²) in [6.45, 7) is 0.133. The summed E-state index contributed by atoms with van der Waals surface area (Å²) in [5.74, 6) is -3.07. The van der Waals surface area contributed by atoms with E-state index in [1.807, 2.05) is 97.1 Å². The predicted molar refractivity (Wildman–Crippen MR) is 156 cm³/mol. The second-order valence-electron chi connectivity index (χ2n) is 11.4. The van der Waals surface area contributed by atoms with E-state index < -0.39 is 41.6 Å². The molecule has 0 bridgehead atoms. The van der Waals surface area contributed by atoms with Crippen molar-refractivity contribution in [1.82, 2.24) is 4.90 Å². The molecule has 1 spiro atoms. The van der Waals surface area contributed by atoms with Crippen LogP contribution in [-0.2, 0) is 30.3 Å². The summed E-state index contributed by atoms with van der Waals surface area (Å²) in [6.07, 6.45) is 7.57. The van der Waals surface area contributed by atoms with Gasteiger partial charge in [-0.3, -0.25) is 14.4 Å². The highest BCUT2D eigenvalue weighted by atomic mass is 16.6. The number of anilines is 1. The molecule has 0 saturated carbocycles. The van der Waals surface area contributed by atoms with Crippen LogP contribution < -0.4 is 4.90 Å². The lowest BCUT2D eigenvalue weighted by Gasteiger charge is -2.38. The maximum Gasteiger partial charge on any atom is 0.312 e. The lowest BCUT2D eigenvalue weighted by atomic mass is 9.77. The summed E-state index contributed by atoms with van der Waals surface area (Å²) in [5, 5.41) is 12.7. The molecule has 3 aromatic carbocycles. The van der Waals surface area contributed by atoms with Crippen LogP contribution in [0.3, 0.4) is 0 Å². The van der Waals surface area contributed by atoms with Gasteiger partial charge in [0.15, 0.2) is 0 Å². The fourth-order valence-corrected chi connectivity index (χ4v) is 7.15. The summed E-state index contributed by atoms with van der Waals surface area (Å²) in [5.41, 5.74) is 0.223.